The molecular weight excluding hydrogens is 242 g/mol. The third-order valence-corrected chi connectivity index (χ3v) is 3.64. The first-order valence-electron chi connectivity index (χ1n) is 6.13. The summed E-state index contributed by atoms with van der Waals surface area (Å²) < 4.78 is 5.19. The molecule has 1 aromatic carbocycles. The van der Waals surface area contributed by atoms with Gasteiger partial charge in [-0.25, -0.2) is 0 Å². The number of ether oxygens (including phenoxy) is 1. The zero-order valence-corrected chi connectivity index (χ0v) is 11.9. The monoisotopic (exact) mass is 261 g/mol. The Morgan fingerprint density at radius 3 is 2.50 bits per heavy atom. The van der Waals surface area contributed by atoms with Gasteiger partial charge in [0.2, 0.25) is 0 Å². The van der Waals surface area contributed by atoms with Gasteiger partial charge in [0.05, 0.1) is 7.11 Å². The summed E-state index contributed by atoms with van der Waals surface area (Å²) in [4.78, 5) is 0. The van der Waals surface area contributed by atoms with Crippen LogP contribution in [-0.2, 0) is 6.54 Å². The topological polar surface area (TPSA) is 21.3 Å². The van der Waals surface area contributed by atoms with Gasteiger partial charge in [0.15, 0.2) is 0 Å². The van der Waals surface area contributed by atoms with Crippen LogP contribution in [0.15, 0.2) is 35.0 Å². The van der Waals surface area contributed by atoms with Crippen LogP contribution >= 0.6 is 11.3 Å². The van der Waals surface area contributed by atoms with Crippen LogP contribution in [0.1, 0.15) is 19.4 Å². The van der Waals surface area contributed by atoms with Crippen LogP contribution in [0.25, 0.3) is 11.1 Å². The number of hydrogen-bond acceptors (Lipinski definition) is 3. The SMILES string of the molecule is COc1ccc(-c2cscc2CNC(C)C)cc1. The third-order valence-electron chi connectivity index (χ3n) is 2.84. The van der Waals surface area contributed by atoms with Gasteiger partial charge in [-0.15, -0.1) is 0 Å². The number of rotatable bonds is 5. The minimum Gasteiger partial charge on any atom is -0.497 e. The molecule has 0 unspecified atom stereocenters. The van der Waals surface area contributed by atoms with Gasteiger partial charge < -0.3 is 10.1 Å². The molecule has 3 heteroatoms. The van der Waals surface area contributed by atoms with E-state index in [-0.39, 0.29) is 0 Å². The van der Waals surface area contributed by atoms with E-state index in [4.69, 9.17) is 4.74 Å². The second-order valence-corrected chi connectivity index (χ2v) is 5.32. The van der Waals surface area contributed by atoms with Crippen molar-refractivity contribution in [3.8, 4) is 16.9 Å². The molecule has 2 nitrogen and oxygen atoms in total. The normalized spacial score (nSPS) is 10.9. The van der Waals surface area contributed by atoms with E-state index in [1.807, 2.05) is 12.1 Å². The van der Waals surface area contributed by atoms with Gasteiger partial charge in [-0.05, 0) is 39.6 Å². The number of nitrogens with one attached hydrogen (secondary N) is 1. The Balaban J connectivity index is 2.19. The highest BCUT2D eigenvalue weighted by atomic mass is 32.1. The fourth-order valence-corrected chi connectivity index (χ4v) is 2.66. The van der Waals surface area contributed by atoms with Gasteiger partial charge in [-0.3, -0.25) is 0 Å². The highest BCUT2D eigenvalue weighted by molar-refractivity contribution is 7.08. The summed E-state index contributed by atoms with van der Waals surface area (Å²) in [5.74, 6) is 0.899. The van der Waals surface area contributed by atoms with E-state index >= 15 is 0 Å². The zero-order chi connectivity index (χ0) is 13.0. The summed E-state index contributed by atoms with van der Waals surface area (Å²) in [5.41, 5.74) is 3.92. The molecule has 0 aliphatic heterocycles. The molecule has 0 spiro atoms. The molecule has 1 aromatic heterocycles. The standard InChI is InChI=1S/C15H19NOS/c1-11(2)16-8-13-9-18-10-15(13)12-4-6-14(17-3)7-5-12/h4-7,9-11,16H,8H2,1-3H3. The van der Waals surface area contributed by atoms with Gasteiger partial charge in [-0.2, -0.15) is 11.3 Å². The lowest BCUT2D eigenvalue weighted by molar-refractivity contribution is 0.415. The molecule has 18 heavy (non-hydrogen) atoms. The van der Waals surface area contributed by atoms with Crippen molar-refractivity contribution in [2.75, 3.05) is 7.11 Å². The maximum Gasteiger partial charge on any atom is 0.118 e. The molecule has 1 N–H and O–H groups in total. The van der Waals surface area contributed by atoms with Gasteiger partial charge in [0.1, 0.15) is 5.75 Å². The maximum absolute atomic E-state index is 5.19. The number of benzene rings is 1. The minimum absolute atomic E-state index is 0.508. The van der Waals surface area contributed by atoms with Crippen LogP contribution in [0.2, 0.25) is 0 Å². The van der Waals surface area contributed by atoms with Crippen molar-refractivity contribution < 1.29 is 4.74 Å². The highest BCUT2D eigenvalue weighted by Gasteiger charge is 2.07. The van der Waals surface area contributed by atoms with Crippen molar-refractivity contribution in [1.29, 1.82) is 0 Å². The summed E-state index contributed by atoms with van der Waals surface area (Å²) in [7, 11) is 1.69. The maximum atomic E-state index is 5.19. The summed E-state index contributed by atoms with van der Waals surface area (Å²) in [5, 5.41) is 7.89. The van der Waals surface area contributed by atoms with E-state index in [0.717, 1.165) is 12.3 Å². The van der Waals surface area contributed by atoms with E-state index < -0.39 is 0 Å². The van der Waals surface area contributed by atoms with Crippen LogP contribution < -0.4 is 10.1 Å². The Labute approximate surface area is 113 Å². The minimum atomic E-state index is 0.508. The molecule has 0 bridgehead atoms. The first-order valence-corrected chi connectivity index (χ1v) is 7.08. The lowest BCUT2D eigenvalue weighted by atomic mass is 10.0. The Morgan fingerprint density at radius 2 is 1.89 bits per heavy atom. The molecule has 0 saturated carbocycles. The molecule has 0 saturated heterocycles. The van der Waals surface area contributed by atoms with Crippen LogP contribution in [0.3, 0.4) is 0 Å². The number of thiophene rings is 1. The Morgan fingerprint density at radius 1 is 1.17 bits per heavy atom. The fraction of sp³-hybridized carbons (Fsp3) is 0.333. The quantitative estimate of drug-likeness (QED) is 0.880. The molecule has 2 aromatic rings. The van der Waals surface area contributed by atoms with E-state index in [9.17, 15) is 0 Å². The van der Waals surface area contributed by atoms with E-state index in [1.165, 1.54) is 16.7 Å². The van der Waals surface area contributed by atoms with E-state index in [1.54, 1.807) is 18.4 Å². The highest BCUT2D eigenvalue weighted by Crippen LogP contribution is 2.28. The Kier molecular flexibility index (Phi) is 4.39. The largest absolute Gasteiger partial charge is 0.497 e. The summed E-state index contributed by atoms with van der Waals surface area (Å²) in [6, 6.07) is 8.74. The summed E-state index contributed by atoms with van der Waals surface area (Å²) >= 11 is 1.75. The lowest BCUT2D eigenvalue weighted by Crippen LogP contribution is -2.21. The average Bonchev–Trinajstić information content (AvgIpc) is 2.85. The van der Waals surface area contributed by atoms with Crippen LogP contribution in [0, 0.1) is 0 Å². The molecule has 0 fully saturated rings. The van der Waals surface area contributed by atoms with Crippen LogP contribution in [0.4, 0.5) is 0 Å². The van der Waals surface area contributed by atoms with Gasteiger partial charge >= 0.3 is 0 Å². The van der Waals surface area contributed by atoms with Crippen LogP contribution in [-0.4, -0.2) is 13.2 Å². The second-order valence-electron chi connectivity index (χ2n) is 4.57. The van der Waals surface area contributed by atoms with Gasteiger partial charge in [-0.1, -0.05) is 26.0 Å². The summed E-state index contributed by atoms with van der Waals surface area (Å²) in [6.07, 6.45) is 0. The molecule has 0 amide bonds. The van der Waals surface area contributed by atoms with Crippen LogP contribution in [0.5, 0.6) is 5.75 Å². The van der Waals surface area contributed by atoms with Gasteiger partial charge in [0.25, 0.3) is 0 Å². The predicted molar refractivity (Wildman–Crippen MR) is 78.3 cm³/mol. The first-order chi connectivity index (χ1) is 8.70. The van der Waals surface area contributed by atoms with Crippen molar-refractivity contribution in [2.45, 2.75) is 26.4 Å². The summed E-state index contributed by atoms with van der Waals surface area (Å²) in [6.45, 7) is 5.25. The molecule has 0 atom stereocenters. The number of methoxy groups -OCH3 is 1. The first kappa shape index (κ1) is 13.1. The lowest BCUT2D eigenvalue weighted by Gasteiger charge is -2.09. The third kappa shape index (κ3) is 3.12. The van der Waals surface area contributed by atoms with Crippen molar-refractivity contribution >= 4 is 11.3 Å². The fourth-order valence-electron chi connectivity index (χ4n) is 1.80. The number of hydrogen-bond donors (Lipinski definition) is 1. The van der Waals surface area contributed by atoms with Crippen molar-refractivity contribution in [1.82, 2.24) is 5.32 Å². The zero-order valence-electron chi connectivity index (χ0n) is 11.1. The van der Waals surface area contributed by atoms with E-state index in [0.29, 0.717) is 6.04 Å². The Bertz CT molecular complexity index is 487. The predicted octanol–water partition coefficient (Wildman–Crippen LogP) is 3.92. The second kappa shape index (κ2) is 6.03. The molecule has 1 heterocycles. The molecular formula is C15H19NOS. The molecule has 2 rings (SSSR count). The molecule has 96 valence electrons. The van der Waals surface area contributed by atoms with Gasteiger partial charge in [0, 0.05) is 12.6 Å². The molecule has 0 aliphatic rings. The Hall–Kier alpha value is -1.32. The molecule has 0 aliphatic carbocycles. The molecule has 0 radical (unpaired) electrons. The van der Waals surface area contributed by atoms with Crippen molar-refractivity contribution in [2.24, 2.45) is 0 Å². The van der Waals surface area contributed by atoms with Crippen molar-refractivity contribution in [3.05, 3.63) is 40.6 Å². The van der Waals surface area contributed by atoms with Crippen molar-refractivity contribution in [3.63, 3.8) is 0 Å². The smallest absolute Gasteiger partial charge is 0.118 e. The average molecular weight is 261 g/mol. The van der Waals surface area contributed by atoms with E-state index in [2.05, 4.69) is 42.1 Å².